The Morgan fingerprint density at radius 3 is 2.69 bits per heavy atom. The molecule has 0 fully saturated rings. The van der Waals surface area contributed by atoms with Crippen molar-refractivity contribution in [3.8, 4) is 5.75 Å². The summed E-state index contributed by atoms with van der Waals surface area (Å²) >= 11 is 0. The highest BCUT2D eigenvalue weighted by Gasteiger charge is 2.12. The number of methoxy groups -OCH3 is 1. The first-order chi connectivity index (χ1) is 12.8. The van der Waals surface area contributed by atoms with E-state index in [1.54, 1.807) is 13.4 Å². The summed E-state index contributed by atoms with van der Waals surface area (Å²) in [4.78, 5) is 4.83. The molecule has 5 heteroatoms. The Bertz CT molecular complexity index is 975. The van der Waals surface area contributed by atoms with Gasteiger partial charge in [0.15, 0.2) is 0 Å². The van der Waals surface area contributed by atoms with Gasteiger partial charge in [0.2, 0.25) is 0 Å². The number of ether oxygens (including phenoxy) is 1. The van der Waals surface area contributed by atoms with Crippen LogP contribution in [-0.4, -0.2) is 16.7 Å². The number of aromatic nitrogens is 2. The van der Waals surface area contributed by atoms with E-state index in [9.17, 15) is 0 Å². The van der Waals surface area contributed by atoms with Gasteiger partial charge in [0.25, 0.3) is 0 Å². The normalized spacial score (nSPS) is 11.1. The Balaban J connectivity index is 1.63. The molecule has 0 aliphatic carbocycles. The van der Waals surface area contributed by atoms with Gasteiger partial charge < -0.3 is 19.0 Å². The highest BCUT2D eigenvalue weighted by atomic mass is 16.5. The Kier molecular flexibility index (Phi) is 4.71. The molecular formula is C21H21N3O2. The van der Waals surface area contributed by atoms with Gasteiger partial charge in [-0.3, -0.25) is 0 Å². The second kappa shape index (κ2) is 7.45. The predicted molar refractivity (Wildman–Crippen MR) is 101 cm³/mol. The Morgan fingerprint density at radius 1 is 1.04 bits per heavy atom. The lowest BCUT2D eigenvalue weighted by Crippen LogP contribution is -2.17. The molecule has 2 aromatic heterocycles. The van der Waals surface area contributed by atoms with Crippen molar-refractivity contribution >= 4 is 11.0 Å². The number of hydrogen-bond acceptors (Lipinski definition) is 4. The van der Waals surface area contributed by atoms with Gasteiger partial charge >= 0.3 is 0 Å². The van der Waals surface area contributed by atoms with Gasteiger partial charge in [-0.25, -0.2) is 4.98 Å². The highest BCUT2D eigenvalue weighted by Crippen LogP contribution is 2.23. The molecule has 0 radical (unpaired) electrons. The molecule has 0 aliphatic rings. The molecule has 132 valence electrons. The summed E-state index contributed by atoms with van der Waals surface area (Å²) in [5.41, 5.74) is 3.29. The summed E-state index contributed by atoms with van der Waals surface area (Å²) < 4.78 is 13.0. The number of nitrogens with zero attached hydrogens (tertiary/aromatic N) is 2. The van der Waals surface area contributed by atoms with Crippen molar-refractivity contribution in [1.82, 2.24) is 14.9 Å². The molecule has 4 rings (SSSR count). The van der Waals surface area contributed by atoms with Crippen molar-refractivity contribution in [1.29, 1.82) is 0 Å². The van der Waals surface area contributed by atoms with E-state index in [4.69, 9.17) is 14.1 Å². The smallest absolute Gasteiger partial charge is 0.124 e. The summed E-state index contributed by atoms with van der Waals surface area (Å²) in [6, 6.07) is 20.3. The Labute approximate surface area is 152 Å². The summed E-state index contributed by atoms with van der Waals surface area (Å²) in [6.45, 7) is 2.11. The first-order valence-corrected chi connectivity index (χ1v) is 8.63. The number of nitrogens with one attached hydrogen (secondary N) is 1. The highest BCUT2D eigenvalue weighted by molar-refractivity contribution is 5.78. The van der Waals surface area contributed by atoms with Crippen molar-refractivity contribution in [2.24, 2.45) is 0 Å². The van der Waals surface area contributed by atoms with Crippen LogP contribution >= 0.6 is 0 Å². The maximum absolute atomic E-state index is 5.38. The zero-order valence-electron chi connectivity index (χ0n) is 14.7. The molecule has 2 heterocycles. The molecular weight excluding hydrogens is 326 g/mol. The third-order valence-electron chi connectivity index (χ3n) is 4.38. The minimum absolute atomic E-state index is 0.657. The van der Waals surface area contributed by atoms with E-state index in [0.29, 0.717) is 13.1 Å². The maximum atomic E-state index is 5.38. The zero-order chi connectivity index (χ0) is 17.8. The van der Waals surface area contributed by atoms with Crippen LogP contribution in [0.15, 0.2) is 71.3 Å². The number of hydrogen-bond donors (Lipinski definition) is 1. The van der Waals surface area contributed by atoms with Gasteiger partial charge in [0.1, 0.15) is 17.3 Å². The SMILES string of the molecule is COc1ccc2c(c1)nc(CNCc1ccco1)n2Cc1ccccc1. The fourth-order valence-electron chi connectivity index (χ4n) is 3.07. The molecule has 0 amide bonds. The number of benzene rings is 2. The van der Waals surface area contributed by atoms with E-state index in [2.05, 4.69) is 40.2 Å². The van der Waals surface area contributed by atoms with Crippen molar-refractivity contribution in [3.63, 3.8) is 0 Å². The Morgan fingerprint density at radius 2 is 1.92 bits per heavy atom. The molecule has 0 spiro atoms. The van der Waals surface area contributed by atoms with Crippen LogP contribution in [-0.2, 0) is 19.6 Å². The molecule has 2 aromatic carbocycles. The first kappa shape index (κ1) is 16.4. The van der Waals surface area contributed by atoms with Crippen LogP contribution < -0.4 is 10.1 Å². The second-order valence-corrected chi connectivity index (χ2v) is 6.14. The lowest BCUT2D eigenvalue weighted by molar-refractivity contribution is 0.415. The number of imidazole rings is 1. The molecule has 0 bridgehead atoms. The monoisotopic (exact) mass is 347 g/mol. The van der Waals surface area contributed by atoms with Crippen LogP contribution in [0.1, 0.15) is 17.1 Å². The molecule has 0 unspecified atom stereocenters. The molecule has 26 heavy (non-hydrogen) atoms. The van der Waals surface area contributed by atoms with Crippen LogP contribution in [0.25, 0.3) is 11.0 Å². The first-order valence-electron chi connectivity index (χ1n) is 8.63. The van der Waals surface area contributed by atoms with E-state index in [0.717, 1.165) is 34.9 Å². The number of rotatable bonds is 7. The summed E-state index contributed by atoms with van der Waals surface area (Å²) in [5, 5.41) is 3.41. The number of furan rings is 1. The zero-order valence-corrected chi connectivity index (χ0v) is 14.7. The third-order valence-corrected chi connectivity index (χ3v) is 4.38. The number of fused-ring (bicyclic) bond motifs is 1. The van der Waals surface area contributed by atoms with E-state index in [1.165, 1.54) is 5.56 Å². The fraction of sp³-hybridized carbons (Fsp3) is 0.190. The van der Waals surface area contributed by atoms with Crippen LogP contribution in [0.2, 0.25) is 0 Å². The minimum atomic E-state index is 0.657. The summed E-state index contributed by atoms with van der Waals surface area (Å²) in [5.74, 6) is 2.72. The molecule has 4 aromatic rings. The van der Waals surface area contributed by atoms with Crippen LogP contribution in [0.5, 0.6) is 5.75 Å². The van der Waals surface area contributed by atoms with Crippen LogP contribution in [0, 0.1) is 0 Å². The van der Waals surface area contributed by atoms with Crippen molar-refractivity contribution in [2.75, 3.05) is 7.11 Å². The summed E-state index contributed by atoms with van der Waals surface area (Å²) in [7, 11) is 1.67. The maximum Gasteiger partial charge on any atom is 0.124 e. The molecule has 0 saturated heterocycles. The predicted octanol–water partition coefficient (Wildman–Crippen LogP) is 3.98. The lowest BCUT2D eigenvalue weighted by Gasteiger charge is -2.10. The van der Waals surface area contributed by atoms with Gasteiger partial charge in [-0.05, 0) is 29.8 Å². The average Bonchev–Trinajstić information content (AvgIpc) is 3.31. The van der Waals surface area contributed by atoms with Crippen molar-refractivity contribution < 1.29 is 9.15 Å². The largest absolute Gasteiger partial charge is 0.497 e. The van der Waals surface area contributed by atoms with Crippen LogP contribution in [0.3, 0.4) is 0 Å². The second-order valence-electron chi connectivity index (χ2n) is 6.14. The molecule has 0 saturated carbocycles. The average molecular weight is 347 g/mol. The molecule has 1 N–H and O–H groups in total. The van der Waals surface area contributed by atoms with Crippen molar-refractivity contribution in [3.05, 3.63) is 84.1 Å². The van der Waals surface area contributed by atoms with Gasteiger partial charge in [0.05, 0.1) is 37.5 Å². The standard InChI is InChI=1S/C21H21N3O2/c1-25-17-9-10-20-19(12-17)23-21(14-22-13-18-8-5-11-26-18)24(20)15-16-6-3-2-4-7-16/h2-12,22H,13-15H2,1H3. The van der Waals surface area contributed by atoms with Gasteiger partial charge in [0, 0.05) is 12.6 Å². The van der Waals surface area contributed by atoms with Gasteiger partial charge in [-0.2, -0.15) is 0 Å². The third kappa shape index (κ3) is 3.48. The lowest BCUT2D eigenvalue weighted by atomic mass is 10.2. The quantitative estimate of drug-likeness (QED) is 0.549. The van der Waals surface area contributed by atoms with Crippen LogP contribution in [0.4, 0.5) is 0 Å². The molecule has 5 nitrogen and oxygen atoms in total. The molecule has 0 atom stereocenters. The summed E-state index contributed by atoms with van der Waals surface area (Å²) in [6.07, 6.45) is 1.69. The Hall–Kier alpha value is -3.05. The fourth-order valence-corrected chi connectivity index (χ4v) is 3.07. The van der Waals surface area contributed by atoms with Gasteiger partial charge in [-0.15, -0.1) is 0 Å². The van der Waals surface area contributed by atoms with E-state index >= 15 is 0 Å². The minimum Gasteiger partial charge on any atom is -0.497 e. The topological polar surface area (TPSA) is 52.2 Å². The van der Waals surface area contributed by atoms with E-state index in [-0.39, 0.29) is 0 Å². The van der Waals surface area contributed by atoms with E-state index in [1.807, 2.05) is 30.3 Å². The van der Waals surface area contributed by atoms with E-state index < -0.39 is 0 Å². The van der Waals surface area contributed by atoms with Gasteiger partial charge in [-0.1, -0.05) is 30.3 Å². The molecule has 0 aliphatic heterocycles. The van der Waals surface area contributed by atoms with Crippen molar-refractivity contribution in [2.45, 2.75) is 19.6 Å².